The van der Waals surface area contributed by atoms with Gasteiger partial charge in [0.25, 0.3) is 5.91 Å². The molecule has 0 unspecified atom stereocenters. The second-order valence-electron chi connectivity index (χ2n) is 6.64. The Bertz CT molecular complexity index is 1020. The van der Waals surface area contributed by atoms with Gasteiger partial charge in [0.05, 0.1) is 11.8 Å². The highest BCUT2D eigenvalue weighted by molar-refractivity contribution is 5.93. The van der Waals surface area contributed by atoms with E-state index in [9.17, 15) is 10.1 Å². The molecular weight excluding hydrogens is 368 g/mol. The number of amides is 1. The quantitative estimate of drug-likeness (QED) is 0.668. The number of carbonyl (C=O) groups excluding carboxylic acids is 1. The highest BCUT2D eigenvalue weighted by Gasteiger charge is 2.27. The zero-order chi connectivity index (χ0) is 20.1. The average molecular weight is 388 g/mol. The molecule has 146 valence electrons. The Morgan fingerprint density at radius 1 is 1.10 bits per heavy atom. The van der Waals surface area contributed by atoms with Crippen LogP contribution in [0.3, 0.4) is 0 Å². The number of anilines is 1. The van der Waals surface area contributed by atoms with Crippen LogP contribution in [0.5, 0.6) is 5.75 Å². The number of hydrogen-bond acceptors (Lipinski definition) is 6. The first-order valence-corrected chi connectivity index (χ1v) is 9.40. The summed E-state index contributed by atoms with van der Waals surface area (Å²) in [6.07, 6.45) is 3.19. The third-order valence-electron chi connectivity index (χ3n) is 4.85. The van der Waals surface area contributed by atoms with Gasteiger partial charge >= 0.3 is 0 Å². The minimum absolute atomic E-state index is 0.150. The summed E-state index contributed by atoms with van der Waals surface area (Å²) < 4.78 is 11.2. The number of nitriles is 1. The third-order valence-corrected chi connectivity index (χ3v) is 4.85. The molecule has 0 saturated carbocycles. The van der Waals surface area contributed by atoms with Crippen LogP contribution in [0.25, 0.3) is 0 Å². The number of carbonyl (C=O) groups is 1. The van der Waals surface area contributed by atoms with Crippen molar-refractivity contribution >= 4 is 11.7 Å². The van der Waals surface area contributed by atoms with Crippen LogP contribution in [-0.4, -0.2) is 42.0 Å². The number of benzene rings is 1. The predicted molar refractivity (Wildman–Crippen MR) is 107 cm³/mol. The van der Waals surface area contributed by atoms with Gasteiger partial charge in [-0.25, -0.2) is 4.98 Å². The molecule has 0 atom stereocenters. The van der Waals surface area contributed by atoms with Crippen molar-refractivity contribution in [2.45, 2.75) is 6.61 Å². The molecule has 1 fully saturated rings. The van der Waals surface area contributed by atoms with Crippen LogP contribution in [-0.2, 0) is 6.61 Å². The second-order valence-corrected chi connectivity index (χ2v) is 6.64. The van der Waals surface area contributed by atoms with Crippen molar-refractivity contribution in [1.29, 1.82) is 5.26 Å². The molecule has 1 aromatic carbocycles. The van der Waals surface area contributed by atoms with Crippen molar-refractivity contribution in [2.24, 2.45) is 0 Å². The van der Waals surface area contributed by atoms with Gasteiger partial charge in [0.2, 0.25) is 0 Å². The lowest BCUT2D eigenvalue weighted by Crippen LogP contribution is -2.49. The molecule has 3 aromatic rings. The molecule has 7 nitrogen and oxygen atoms in total. The van der Waals surface area contributed by atoms with Crippen LogP contribution in [0.4, 0.5) is 5.82 Å². The summed E-state index contributed by atoms with van der Waals surface area (Å²) in [5, 5.41) is 9.27. The lowest BCUT2D eigenvalue weighted by atomic mass is 10.2. The van der Waals surface area contributed by atoms with E-state index in [-0.39, 0.29) is 12.5 Å². The minimum Gasteiger partial charge on any atom is -0.489 e. The molecule has 1 amide bonds. The van der Waals surface area contributed by atoms with Crippen LogP contribution in [0.2, 0.25) is 0 Å². The number of hydrogen-bond donors (Lipinski definition) is 0. The molecule has 4 rings (SSSR count). The van der Waals surface area contributed by atoms with Gasteiger partial charge in [-0.15, -0.1) is 0 Å². The number of nitrogens with zero attached hydrogens (tertiary/aromatic N) is 4. The first-order chi connectivity index (χ1) is 14.3. The van der Waals surface area contributed by atoms with E-state index in [0.717, 1.165) is 11.3 Å². The lowest BCUT2D eigenvalue weighted by Gasteiger charge is -2.35. The van der Waals surface area contributed by atoms with Crippen LogP contribution < -0.4 is 9.64 Å². The van der Waals surface area contributed by atoms with E-state index in [1.807, 2.05) is 35.2 Å². The number of pyridine rings is 1. The Balaban J connectivity index is 1.39. The van der Waals surface area contributed by atoms with E-state index < -0.39 is 0 Å². The van der Waals surface area contributed by atoms with Gasteiger partial charge in [-0.3, -0.25) is 4.79 Å². The Hall–Kier alpha value is -3.79. The van der Waals surface area contributed by atoms with Crippen molar-refractivity contribution < 1.29 is 13.9 Å². The number of furan rings is 1. The van der Waals surface area contributed by atoms with E-state index in [0.29, 0.717) is 43.3 Å². The molecule has 2 aromatic heterocycles. The topological polar surface area (TPSA) is 82.6 Å². The first-order valence-electron chi connectivity index (χ1n) is 9.40. The fourth-order valence-corrected chi connectivity index (χ4v) is 3.32. The summed E-state index contributed by atoms with van der Waals surface area (Å²) >= 11 is 0. The van der Waals surface area contributed by atoms with Gasteiger partial charge < -0.3 is 19.0 Å². The molecule has 0 radical (unpaired) electrons. The van der Waals surface area contributed by atoms with E-state index >= 15 is 0 Å². The maximum absolute atomic E-state index is 12.9. The van der Waals surface area contributed by atoms with Gasteiger partial charge in [0.15, 0.2) is 5.76 Å². The highest BCUT2D eigenvalue weighted by atomic mass is 16.5. The van der Waals surface area contributed by atoms with Crippen molar-refractivity contribution in [3.8, 4) is 11.8 Å². The Morgan fingerprint density at radius 2 is 1.90 bits per heavy atom. The second kappa shape index (κ2) is 8.48. The zero-order valence-electron chi connectivity index (χ0n) is 15.8. The van der Waals surface area contributed by atoms with Crippen LogP contribution in [0, 0.1) is 11.3 Å². The largest absolute Gasteiger partial charge is 0.489 e. The SMILES string of the molecule is N#Cc1cccnc1N1CCN(C(=O)c2occc2COc2ccccc2)CC1. The minimum atomic E-state index is -0.150. The number of ether oxygens (including phenoxy) is 1. The average Bonchev–Trinajstić information content (AvgIpc) is 3.26. The maximum atomic E-state index is 12.9. The van der Waals surface area contributed by atoms with E-state index in [1.54, 1.807) is 29.3 Å². The normalized spacial score (nSPS) is 13.8. The molecule has 0 N–H and O–H groups in total. The molecule has 3 heterocycles. The van der Waals surface area contributed by atoms with Gasteiger partial charge in [-0.1, -0.05) is 18.2 Å². The van der Waals surface area contributed by atoms with Gasteiger partial charge in [0, 0.05) is 37.9 Å². The molecule has 0 spiro atoms. The molecule has 7 heteroatoms. The van der Waals surface area contributed by atoms with Crippen molar-refractivity contribution in [3.63, 3.8) is 0 Å². The number of aromatic nitrogens is 1. The molecule has 1 aliphatic heterocycles. The Kier molecular flexibility index (Phi) is 5.43. The van der Waals surface area contributed by atoms with Crippen molar-refractivity contribution in [3.05, 3.63) is 77.9 Å². The maximum Gasteiger partial charge on any atom is 0.290 e. The molecular formula is C22H20N4O3. The summed E-state index contributed by atoms with van der Waals surface area (Å²) in [4.78, 5) is 21.1. The standard InChI is InChI=1S/C22H20N4O3/c23-15-17-5-4-9-24-21(17)25-10-12-26(13-11-25)22(27)20-18(8-14-28-20)16-29-19-6-2-1-3-7-19/h1-9,14H,10-13,16H2. The monoisotopic (exact) mass is 388 g/mol. The summed E-state index contributed by atoms with van der Waals surface area (Å²) in [6, 6.07) is 16.9. The fourth-order valence-electron chi connectivity index (χ4n) is 3.32. The molecule has 0 aliphatic carbocycles. The molecule has 29 heavy (non-hydrogen) atoms. The van der Waals surface area contributed by atoms with Gasteiger partial charge in [-0.05, 0) is 30.3 Å². The molecule has 1 saturated heterocycles. The molecule has 1 aliphatic rings. The van der Waals surface area contributed by atoms with E-state index in [2.05, 4.69) is 11.1 Å². The van der Waals surface area contributed by atoms with Crippen molar-refractivity contribution in [1.82, 2.24) is 9.88 Å². The summed E-state index contributed by atoms with van der Waals surface area (Å²) in [6.45, 7) is 2.53. The Morgan fingerprint density at radius 3 is 2.66 bits per heavy atom. The first kappa shape index (κ1) is 18.6. The van der Waals surface area contributed by atoms with Gasteiger partial charge in [0.1, 0.15) is 24.2 Å². The number of rotatable bonds is 5. The van der Waals surface area contributed by atoms with E-state index in [1.165, 1.54) is 6.26 Å². The third kappa shape index (κ3) is 4.06. The number of piperazine rings is 1. The number of para-hydroxylation sites is 1. The zero-order valence-corrected chi connectivity index (χ0v) is 15.8. The van der Waals surface area contributed by atoms with Crippen LogP contribution in [0.15, 0.2) is 65.4 Å². The molecule has 0 bridgehead atoms. The lowest BCUT2D eigenvalue weighted by molar-refractivity contribution is 0.0710. The summed E-state index contributed by atoms with van der Waals surface area (Å²) in [7, 11) is 0. The summed E-state index contributed by atoms with van der Waals surface area (Å²) in [5.74, 6) is 1.56. The van der Waals surface area contributed by atoms with Crippen LogP contribution in [0.1, 0.15) is 21.7 Å². The predicted octanol–water partition coefficient (Wildman–Crippen LogP) is 3.09. The Labute approximate surface area is 168 Å². The summed E-state index contributed by atoms with van der Waals surface area (Å²) in [5.41, 5.74) is 1.26. The highest BCUT2D eigenvalue weighted by Crippen LogP contribution is 2.21. The smallest absolute Gasteiger partial charge is 0.290 e. The van der Waals surface area contributed by atoms with Gasteiger partial charge in [-0.2, -0.15) is 5.26 Å². The fraction of sp³-hybridized carbons (Fsp3) is 0.227. The van der Waals surface area contributed by atoms with Crippen LogP contribution >= 0.6 is 0 Å². The van der Waals surface area contributed by atoms with Crippen molar-refractivity contribution in [2.75, 3.05) is 31.1 Å². The van der Waals surface area contributed by atoms with E-state index in [4.69, 9.17) is 9.15 Å².